The van der Waals surface area contributed by atoms with Gasteiger partial charge in [0.1, 0.15) is 0 Å². The van der Waals surface area contributed by atoms with E-state index in [-0.39, 0.29) is 0 Å². The van der Waals surface area contributed by atoms with Crippen molar-refractivity contribution in [2.75, 3.05) is 30.4 Å². The van der Waals surface area contributed by atoms with Crippen LogP contribution >= 0.6 is 11.6 Å². The molecule has 4 heteroatoms. The van der Waals surface area contributed by atoms with Crippen LogP contribution in [-0.4, -0.2) is 32.3 Å². The number of nitrogens with one attached hydrogen (secondary N) is 1. The molecule has 0 amide bonds. The van der Waals surface area contributed by atoms with Crippen LogP contribution in [0.2, 0.25) is 5.02 Å². The zero-order valence-corrected chi connectivity index (χ0v) is 10.00. The number of hydrogen-bond acceptors (Lipinski definition) is 3. The first-order valence-corrected chi connectivity index (χ1v) is 5.98. The van der Waals surface area contributed by atoms with Crippen LogP contribution in [0.25, 0.3) is 0 Å². The van der Waals surface area contributed by atoms with Crippen LogP contribution in [0.15, 0.2) is 18.2 Å². The van der Waals surface area contributed by atoms with E-state index in [9.17, 15) is 0 Å². The molecule has 1 aromatic carbocycles. The largest absolute Gasteiger partial charge is 0.381 e. The summed E-state index contributed by atoms with van der Waals surface area (Å²) in [5.41, 5.74) is 2.39. The quantitative estimate of drug-likeness (QED) is 0.813. The summed E-state index contributed by atoms with van der Waals surface area (Å²) in [6.45, 7) is 1.96. The summed E-state index contributed by atoms with van der Waals surface area (Å²) < 4.78 is 5.45. The molecular weight excluding hydrogens is 224 g/mol. The first kappa shape index (κ1) is 10.2. The molecule has 3 nitrogen and oxygen atoms in total. The van der Waals surface area contributed by atoms with E-state index in [1.165, 1.54) is 5.69 Å². The van der Waals surface area contributed by atoms with E-state index >= 15 is 0 Å². The Morgan fingerprint density at radius 3 is 3.19 bits per heavy atom. The fourth-order valence-corrected chi connectivity index (χ4v) is 2.83. The van der Waals surface area contributed by atoms with Crippen LogP contribution in [-0.2, 0) is 4.74 Å². The van der Waals surface area contributed by atoms with Crippen LogP contribution in [0, 0.1) is 0 Å². The Bertz CT molecular complexity index is 410. The Hall–Kier alpha value is -0.930. The van der Waals surface area contributed by atoms with Gasteiger partial charge in [-0.2, -0.15) is 0 Å². The molecular formula is C12H15ClN2O. The Balaban J connectivity index is 1.94. The number of nitrogens with zero attached hydrogens (tertiary/aromatic N) is 1. The van der Waals surface area contributed by atoms with Gasteiger partial charge >= 0.3 is 0 Å². The van der Waals surface area contributed by atoms with Crippen molar-refractivity contribution in [3.63, 3.8) is 0 Å². The van der Waals surface area contributed by atoms with Crippen molar-refractivity contribution in [2.45, 2.75) is 18.6 Å². The number of hydrogen-bond donors (Lipinski definition) is 1. The van der Waals surface area contributed by atoms with Crippen LogP contribution in [0.3, 0.4) is 0 Å². The molecule has 0 aromatic heterocycles. The molecule has 0 bridgehead atoms. The van der Waals surface area contributed by atoms with Crippen LogP contribution in [0.1, 0.15) is 6.42 Å². The minimum Gasteiger partial charge on any atom is -0.381 e. The minimum atomic E-state index is 0.355. The normalized spacial score (nSPS) is 27.2. The highest BCUT2D eigenvalue weighted by atomic mass is 35.5. The van der Waals surface area contributed by atoms with E-state index in [1.807, 2.05) is 12.1 Å². The molecule has 86 valence electrons. The molecule has 2 aliphatic rings. The number of halogens is 1. The molecule has 0 saturated carbocycles. The molecule has 1 aromatic rings. The summed E-state index contributed by atoms with van der Waals surface area (Å²) in [6.07, 6.45) is 1.46. The van der Waals surface area contributed by atoms with Gasteiger partial charge < -0.3 is 15.0 Å². The molecule has 2 atom stereocenters. The lowest BCUT2D eigenvalue weighted by Gasteiger charge is -2.34. The molecule has 0 spiro atoms. The molecule has 1 fully saturated rings. The third-order valence-corrected chi connectivity index (χ3v) is 3.74. The van der Waals surface area contributed by atoms with Gasteiger partial charge in [-0.1, -0.05) is 11.6 Å². The summed E-state index contributed by atoms with van der Waals surface area (Å²) >= 11 is 5.99. The third-order valence-electron chi connectivity index (χ3n) is 3.51. The van der Waals surface area contributed by atoms with Crippen LogP contribution in [0.4, 0.5) is 11.4 Å². The molecule has 16 heavy (non-hydrogen) atoms. The van der Waals surface area contributed by atoms with E-state index in [1.54, 1.807) is 7.11 Å². The smallest absolute Gasteiger partial charge is 0.0766 e. The second-order valence-corrected chi connectivity index (χ2v) is 4.88. The van der Waals surface area contributed by atoms with E-state index < -0.39 is 0 Å². The number of benzene rings is 1. The van der Waals surface area contributed by atoms with Crippen molar-refractivity contribution in [1.29, 1.82) is 0 Å². The Morgan fingerprint density at radius 2 is 2.38 bits per heavy atom. The average Bonchev–Trinajstić information content (AvgIpc) is 2.71. The average molecular weight is 239 g/mol. The highest BCUT2D eigenvalue weighted by Crippen LogP contribution is 2.37. The van der Waals surface area contributed by atoms with Crippen molar-refractivity contribution < 1.29 is 4.74 Å². The van der Waals surface area contributed by atoms with Gasteiger partial charge in [0.15, 0.2) is 0 Å². The Kier molecular flexibility index (Phi) is 2.45. The number of ether oxygens (including phenoxy) is 1. The fourth-order valence-electron chi connectivity index (χ4n) is 2.66. The maximum Gasteiger partial charge on any atom is 0.0766 e. The summed E-state index contributed by atoms with van der Waals surface area (Å²) in [4.78, 5) is 2.43. The third kappa shape index (κ3) is 1.55. The summed E-state index contributed by atoms with van der Waals surface area (Å²) in [5, 5.41) is 4.22. The Labute approximate surface area is 100 Å². The molecule has 2 unspecified atom stereocenters. The maximum atomic E-state index is 5.99. The van der Waals surface area contributed by atoms with Gasteiger partial charge in [-0.25, -0.2) is 0 Å². The summed E-state index contributed by atoms with van der Waals surface area (Å²) in [5.74, 6) is 0. The molecule has 2 aliphatic heterocycles. The molecule has 3 rings (SSSR count). The maximum absolute atomic E-state index is 5.99. The molecule has 2 heterocycles. The number of anilines is 2. The van der Waals surface area contributed by atoms with E-state index in [0.29, 0.717) is 12.1 Å². The van der Waals surface area contributed by atoms with Crippen molar-refractivity contribution >= 4 is 23.0 Å². The van der Waals surface area contributed by atoms with Crippen LogP contribution in [0.5, 0.6) is 0 Å². The van der Waals surface area contributed by atoms with Crippen molar-refractivity contribution in [1.82, 2.24) is 0 Å². The molecule has 0 radical (unpaired) electrons. The summed E-state index contributed by atoms with van der Waals surface area (Å²) in [6, 6.07) is 6.59. The zero-order valence-electron chi connectivity index (χ0n) is 9.24. The lowest BCUT2D eigenvalue weighted by atomic mass is 10.1. The number of methoxy groups -OCH3 is 1. The standard InChI is InChI=1S/C12H15ClN2O/c1-16-10-5-9-6-14-11-4-8(13)2-3-12(11)15(9)7-10/h2-4,9-10,14H,5-7H2,1H3. The molecule has 0 aliphatic carbocycles. The van der Waals surface area contributed by atoms with Crippen molar-refractivity contribution in [3.05, 3.63) is 23.2 Å². The number of fused-ring (bicyclic) bond motifs is 3. The van der Waals surface area contributed by atoms with Gasteiger partial charge in [-0.15, -0.1) is 0 Å². The van der Waals surface area contributed by atoms with Gasteiger partial charge in [0.2, 0.25) is 0 Å². The van der Waals surface area contributed by atoms with E-state index in [0.717, 1.165) is 30.2 Å². The second kappa shape index (κ2) is 3.82. The van der Waals surface area contributed by atoms with E-state index in [4.69, 9.17) is 16.3 Å². The lowest BCUT2D eigenvalue weighted by molar-refractivity contribution is 0.118. The zero-order chi connectivity index (χ0) is 11.1. The number of rotatable bonds is 1. The Morgan fingerprint density at radius 1 is 1.50 bits per heavy atom. The van der Waals surface area contributed by atoms with E-state index in [2.05, 4.69) is 16.3 Å². The topological polar surface area (TPSA) is 24.5 Å². The first-order valence-electron chi connectivity index (χ1n) is 5.61. The van der Waals surface area contributed by atoms with Gasteiger partial charge in [0.05, 0.1) is 17.5 Å². The second-order valence-electron chi connectivity index (χ2n) is 4.44. The highest BCUT2D eigenvalue weighted by molar-refractivity contribution is 6.31. The predicted molar refractivity (Wildman–Crippen MR) is 66.5 cm³/mol. The van der Waals surface area contributed by atoms with Crippen LogP contribution < -0.4 is 10.2 Å². The minimum absolute atomic E-state index is 0.355. The van der Waals surface area contributed by atoms with Gasteiger partial charge in [-0.3, -0.25) is 0 Å². The molecule has 1 N–H and O–H groups in total. The van der Waals surface area contributed by atoms with Gasteiger partial charge in [0.25, 0.3) is 0 Å². The summed E-state index contributed by atoms with van der Waals surface area (Å²) in [7, 11) is 1.79. The first-order chi connectivity index (χ1) is 7.78. The van der Waals surface area contributed by atoms with Gasteiger partial charge in [-0.05, 0) is 24.6 Å². The molecule has 1 saturated heterocycles. The highest BCUT2D eigenvalue weighted by Gasteiger charge is 2.35. The fraction of sp³-hybridized carbons (Fsp3) is 0.500. The monoisotopic (exact) mass is 238 g/mol. The van der Waals surface area contributed by atoms with Gasteiger partial charge in [0, 0.05) is 31.3 Å². The van der Waals surface area contributed by atoms with Crippen molar-refractivity contribution in [3.8, 4) is 0 Å². The van der Waals surface area contributed by atoms with Crippen molar-refractivity contribution in [2.24, 2.45) is 0 Å². The SMILES string of the molecule is COC1CC2CNc3cc(Cl)ccc3N2C1. The predicted octanol–water partition coefficient (Wildman–Crippen LogP) is 2.36. The lowest BCUT2D eigenvalue weighted by Crippen LogP contribution is -2.39.